The average Bonchev–Trinajstić information content (AvgIpc) is 2.17. The van der Waals surface area contributed by atoms with Crippen LogP contribution >= 0.6 is 0 Å². The van der Waals surface area contributed by atoms with Gasteiger partial charge in [-0.2, -0.15) is 5.26 Å². The van der Waals surface area contributed by atoms with Gasteiger partial charge in [-0.05, 0) is 12.1 Å². The third-order valence-electron chi connectivity index (χ3n) is 1.89. The molecule has 64 valence electrons. The Labute approximate surface area is 75.2 Å². The molecule has 2 N–H and O–H groups in total. The van der Waals surface area contributed by atoms with Crippen molar-refractivity contribution in [1.82, 2.24) is 0 Å². The van der Waals surface area contributed by atoms with Gasteiger partial charge >= 0.3 is 0 Å². The first-order valence-corrected chi connectivity index (χ1v) is 3.88. The van der Waals surface area contributed by atoms with Crippen LogP contribution in [0.5, 0.6) is 0 Å². The van der Waals surface area contributed by atoms with E-state index < -0.39 is 0 Å². The average molecular weight is 173 g/mol. The molecule has 1 heterocycles. The molecule has 1 aliphatic heterocycles. The molecule has 4 nitrogen and oxygen atoms in total. The first-order valence-electron chi connectivity index (χ1n) is 3.88. The minimum atomic E-state index is -0.116. The van der Waals surface area contributed by atoms with Crippen molar-refractivity contribution in [1.29, 1.82) is 5.26 Å². The van der Waals surface area contributed by atoms with Gasteiger partial charge < -0.3 is 10.6 Å². The van der Waals surface area contributed by atoms with Gasteiger partial charge in [0.15, 0.2) is 0 Å². The fourth-order valence-corrected chi connectivity index (χ4v) is 1.29. The summed E-state index contributed by atoms with van der Waals surface area (Å²) in [5.74, 6) is -0.116. The monoisotopic (exact) mass is 173 g/mol. The number of hydrogen-bond donors (Lipinski definition) is 2. The zero-order valence-corrected chi connectivity index (χ0v) is 6.79. The predicted octanol–water partition coefficient (Wildman–Crippen LogP) is 0.922. The van der Waals surface area contributed by atoms with Gasteiger partial charge in [-0.15, -0.1) is 0 Å². The number of carbonyl (C=O) groups is 1. The van der Waals surface area contributed by atoms with Crippen molar-refractivity contribution in [3.63, 3.8) is 0 Å². The van der Waals surface area contributed by atoms with Crippen molar-refractivity contribution >= 4 is 17.3 Å². The number of nitrogens with one attached hydrogen (secondary N) is 2. The maximum absolute atomic E-state index is 11.0. The third-order valence-corrected chi connectivity index (χ3v) is 1.89. The molecule has 1 amide bonds. The number of nitriles is 1. The number of benzene rings is 1. The number of carbonyl (C=O) groups excluding carboxylic acids is 1. The molecule has 0 fully saturated rings. The van der Waals surface area contributed by atoms with E-state index in [0.717, 1.165) is 5.69 Å². The Morgan fingerprint density at radius 1 is 1.46 bits per heavy atom. The molecule has 2 rings (SSSR count). The van der Waals surface area contributed by atoms with Gasteiger partial charge in [0.05, 0.1) is 23.5 Å². The fraction of sp³-hybridized carbons (Fsp3) is 0.111. The second-order valence-electron chi connectivity index (χ2n) is 2.74. The number of anilines is 2. The predicted molar refractivity (Wildman–Crippen MR) is 48.3 cm³/mol. The molecule has 0 atom stereocenters. The summed E-state index contributed by atoms with van der Waals surface area (Å²) in [6.07, 6.45) is 0. The lowest BCUT2D eigenvalue weighted by Crippen LogP contribution is -2.27. The van der Waals surface area contributed by atoms with E-state index in [9.17, 15) is 4.79 Å². The van der Waals surface area contributed by atoms with E-state index in [1.807, 2.05) is 12.1 Å². The molecule has 1 aliphatic rings. The van der Waals surface area contributed by atoms with Gasteiger partial charge in [0, 0.05) is 0 Å². The van der Waals surface area contributed by atoms with Crippen LogP contribution in [0.25, 0.3) is 0 Å². The van der Waals surface area contributed by atoms with Crippen molar-refractivity contribution in [2.45, 2.75) is 0 Å². The summed E-state index contributed by atoms with van der Waals surface area (Å²) < 4.78 is 0. The topological polar surface area (TPSA) is 64.9 Å². The number of hydrogen-bond acceptors (Lipinski definition) is 3. The molecule has 0 spiro atoms. The lowest BCUT2D eigenvalue weighted by molar-refractivity contribution is -0.114. The number of nitrogens with zero attached hydrogens (tertiary/aromatic N) is 1. The highest BCUT2D eigenvalue weighted by Gasteiger charge is 2.16. The summed E-state index contributed by atoms with van der Waals surface area (Å²) >= 11 is 0. The Balaban J connectivity index is 2.54. The van der Waals surface area contributed by atoms with E-state index in [-0.39, 0.29) is 12.5 Å². The van der Waals surface area contributed by atoms with Crippen LogP contribution in [0.1, 0.15) is 5.56 Å². The molecule has 1 aromatic carbocycles. The molecule has 0 bridgehead atoms. The van der Waals surface area contributed by atoms with Gasteiger partial charge in [0.2, 0.25) is 5.91 Å². The maximum Gasteiger partial charge on any atom is 0.243 e. The second-order valence-corrected chi connectivity index (χ2v) is 2.74. The molecule has 1 aromatic rings. The lowest BCUT2D eigenvalue weighted by atomic mass is 10.1. The van der Waals surface area contributed by atoms with Crippen LogP contribution in [-0.2, 0) is 4.79 Å². The van der Waals surface area contributed by atoms with Crippen LogP contribution in [0, 0.1) is 11.3 Å². The zero-order valence-electron chi connectivity index (χ0n) is 6.79. The van der Waals surface area contributed by atoms with E-state index in [1.165, 1.54) is 0 Å². The Kier molecular flexibility index (Phi) is 1.64. The van der Waals surface area contributed by atoms with E-state index in [2.05, 4.69) is 10.6 Å². The summed E-state index contributed by atoms with van der Waals surface area (Å²) in [5, 5.41) is 14.3. The molecule has 0 radical (unpaired) electrons. The fourth-order valence-electron chi connectivity index (χ4n) is 1.29. The van der Waals surface area contributed by atoms with Gasteiger partial charge in [-0.3, -0.25) is 4.79 Å². The molecule has 4 heteroatoms. The summed E-state index contributed by atoms with van der Waals surface area (Å²) in [6, 6.07) is 7.30. The Bertz CT molecular complexity index is 406. The highest BCUT2D eigenvalue weighted by molar-refractivity contribution is 6.02. The Morgan fingerprint density at radius 3 is 3.08 bits per heavy atom. The molecular formula is C9H7N3O. The van der Waals surface area contributed by atoms with E-state index in [4.69, 9.17) is 5.26 Å². The van der Waals surface area contributed by atoms with E-state index >= 15 is 0 Å². The van der Waals surface area contributed by atoms with Crippen molar-refractivity contribution in [3.05, 3.63) is 23.8 Å². The molecule has 0 saturated carbocycles. The number of amides is 1. The third kappa shape index (κ3) is 1.20. The van der Waals surface area contributed by atoms with Gasteiger partial charge in [-0.25, -0.2) is 0 Å². The summed E-state index contributed by atoms with van der Waals surface area (Å²) in [5.41, 5.74) is 1.87. The molecular weight excluding hydrogens is 166 g/mol. The Hall–Kier alpha value is -2.02. The van der Waals surface area contributed by atoms with E-state index in [0.29, 0.717) is 11.3 Å². The zero-order chi connectivity index (χ0) is 9.26. The van der Waals surface area contributed by atoms with Crippen LogP contribution in [0.3, 0.4) is 0 Å². The minimum absolute atomic E-state index is 0.116. The normalized spacial score (nSPS) is 13.6. The van der Waals surface area contributed by atoms with Crippen molar-refractivity contribution in [3.8, 4) is 6.07 Å². The largest absolute Gasteiger partial charge is 0.374 e. The van der Waals surface area contributed by atoms with Gasteiger partial charge in [0.25, 0.3) is 0 Å². The first-order chi connectivity index (χ1) is 6.31. The quantitative estimate of drug-likeness (QED) is 0.613. The van der Waals surface area contributed by atoms with Crippen LogP contribution in [0.2, 0.25) is 0 Å². The SMILES string of the molecule is N#Cc1cccc2c1NC(=O)CN2. The highest BCUT2D eigenvalue weighted by Crippen LogP contribution is 2.27. The standard InChI is InChI=1S/C9H7N3O/c10-4-6-2-1-3-7-9(6)12-8(13)5-11-7/h1-3,11H,5H2,(H,12,13). The molecule has 0 saturated heterocycles. The summed E-state index contributed by atoms with van der Waals surface area (Å²) in [7, 11) is 0. The van der Waals surface area contributed by atoms with Gasteiger partial charge in [-0.1, -0.05) is 6.07 Å². The Morgan fingerprint density at radius 2 is 2.31 bits per heavy atom. The second kappa shape index (κ2) is 2.79. The maximum atomic E-state index is 11.0. The smallest absolute Gasteiger partial charge is 0.243 e. The molecule has 13 heavy (non-hydrogen) atoms. The van der Waals surface area contributed by atoms with Gasteiger partial charge in [0.1, 0.15) is 6.07 Å². The van der Waals surface area contributed by atoms with E-state index in [1.54, 1.807) is 12.1 Å². The first kappa shape index (κ1) is 7.62. The highest BCUT2D eigenvalue weighted by atomic mass is 16.2. The van der Waals surface area contributed by atoms with Crippen LogP contribution in [-0.4, -0.2) is 12.5 Å². The van der Waals surface area contributed by atoms with Crippen molar-refractivity contribution in [2.24, 2.45) is 0 Å². The lowest BCUT2D eigenvalue weighted by Gasteiger charge is -2.18. The number of fused-ring (bicyclic) bond motifs is 1. The molecule has 0 unspecified atom stereocenters. The minimum Gasteiger partial charge on any atom is -0.374 e. The van der Waals surface area contributed by atoms with Crippen LogP contribution < -0.4 is 10.6 Å². The van der Waals surface area contributed by atoms with Crippen LogP contribution in [0.15, 0.2) is 18.2 Å². The number of rotatable bonds is 0. The van der Waals surface area contributed by atoms with Crippen LogP contribution in [0.4, 0.5) is 11.4 Å². The summed E-state index contributed by atoms with van der Waals surface area (Å²) in [4.78, 5) is 11.0. The molecule has 0 aliphatic carbocycles. The number of para-hydroxylation sites is 1. The van der Waals surface area contributed by atoms with Crippen molar-refractivity contribution < 1.29 is 4.79 Å². The summed E-state index contributed by atoms with van der Waals surface area (Å²) in [6.45, 7) is 0.266. The van der Waals surface area contributed by atoms with Crippen molar-refractivity contribution in [2.75, 3.05) is 17.2 Å². The molecule has 0 aromatic heterocycles.